The molecule has 3 N–H and O–H groups in total. The molecule has 1 fully saturated rings. The van der Waals surface area contributed by atoms with E-state index in [0.29, 0.717) is 5.69 Å². The smallest absolute Gasteiger partial charge is 0.126 e. The topological polar surface area (TPSA) is 63.4 Å². The van der Waals surface area contributed by atoms with Crippen molar-refractivity contribution in [3.05, 3.63) is 18.3 Å². The van der Waals surface area contributed by atoms with Crippen LogP contribution < -0.4 is 11.1 Å². The van der Waals surface area contributed by atoms with E-state index in [4.69, 9.17) is 10.5 Å². The monoisotopic (exact) mass is 278 g/mol. The highest BCUT2D eigenvalue weighted by Gasteiger charge is 2.08. The van der Waals surface area contributed by atoms with Crippen molar-refractivity contribution >= 4 is 11.5 Å². The molecule has 2 rings (SSSR count). The van der Waals surface area contributed by atoms with E-state index in [-0.39, 0.29) is 0 Å². The maximum absolute atomic E-state index is 5.60. The molecule has 0 atom stereocenters. The minimum Gasteiger partial charge on any atom is -0.397 e. The second kappa shape index (κ2) is 8.76. The normalized spacial score (nSPS) is 16.2. The average Bonchev–Trinajstić information content (AvgIpc) is 2.49. The molecule has 0 aromatic carbocycles. The lowest BCUT2D eigenvalue weighted by Gasteiger charge is -2.26. The Morgan fingerprint density at radius 3 is 2.70 bits per heavy atom. The fourth-order valence-electron chi connectivity index (χ4n) is 2.37. The Bertz CT molecular complexity index is 363. The maximum Gasteiger partial charge on any atom is 0.126 e. The number of nitrogens with two attached hydrogens (primary N) is 1. The fraction of sp³-hybridized carbons (Fsp3) is 0.667. The Hall–Kier alpha value is -1.33. The quantitative estimate of drug-likeness (QED) is 0.712. The van der Waals surface area contributed by atoms with Crippen LogP contribution >= 0.6 is 0 Å². The molecule has 0 spiro atoms. The minimum absolute atomic E-state index is 0.707. The van der Waals surface area contributed by atoms with Gasteiger partial charge in [-0.1, -0.05) is 12.8 Å². The van der Waals surface area contributed by atoms with Crippen LogP contribution in [0.25, 0.3) is 0 Å². The Morgan fingerprint density at radius 2 is 1.95 bits per heavy atom. The molecule has 0 amide bonds. The van der Waals surface area contributed by atoms with Gasteiger partial charge in [-0.05, 0) is 31.5 Å². The molecule has 0 saturated carbocycles. The van der Waals surface area contributed by atoms with Crippen LogP contribution in [0.3, 0.4) is 0 Å². The number of hydrogen-bond acceptors (Lipinski definition) is 5. The number of morpholine rings is 1. The standard InChI is InChI=1S/C15H26N4O/c16-14-5-6-15(18-13-14)17-7-3-1-2-4-8-19-9-11-20-12-10-19/h5-6,13H,1-4,7-12,16H2,(H,17,18). The van der Waals surface area contributed by atoms with Crippen molar-refractivity contribution in [1.29, 1.82) is 0 Å². The molecular weight excluding hydrogens is 252 g/mol. The number of nitrogens with one attached hydrogen (secondary N) is 1. The van der Waals surface area contributed by atoms with Gasteiger partial charge >= 0.3 is 0 Å². The lowest BCUT2D eigenvalue weighted by molar-refractivity contribution is 0.0371. The Kier molecular flexibility index (Phi) is 6.60. The van der Waals surface area contributed by atoms with E-state index in [1.807, 2.05) is 12.1 Å². The van der Waals surface area contributed by atoms with E-state index >= 15 is 0 Å². The first-order chi connectivity index (χ1) is 9.84. The third-order valence-corrected chi connectivity index (χ3v) is 3.60. The van der Waals surface area contributed by atoms with Crippen LogP contribution in [0.1, 0.15) is 25.7 Å². The van der Waals surface area contributed by atoms with Crippen molar-refractivity contribution in [2.45, 2.75) is 25.7 Å². The molecule has 5 heteroatoms. The third-order valence-electron chi connectivity index (χ3n) is 3.60. The molecule has 0 aliphatic carbocycles. The Balaban J connectivity index is 1.44. The number of nitrogen functional groups attached to an aromatic ring is 1. The first-order valence-electron chi connectivity index (χ1n) is 7.60. The van der Waals surface area contributed by atoms with Gasteiger partial charge in [-0.2, -0.15) is 0 Å². The van der Waals surface area contributed by atoms with Crippen LogP contribution in [0.15, 0.2) is 18.3 Å². The van der Waals surface area contributed by atoms with E-state index in [1.54, 1.807) is 6.20 Å². The van der Waals surface area contributed by atoms with Gasteiger partial charge < -0.3 is 15.8 Å². The van der Waals surface area contributed by atoms with Crippen LogP contribution in [0.2, 0.25) is 0 Å². The second-order valence-electron chi connectivity index (χ2n) is 5.27. The number of anilines is 2. The van der Waals surface area contributed by atoms with Gasteiger partial charge in [0.1, 0.15) is 5.82 Å². The predicted molar refractivity (Wildman–Crippen MR) is 82.9 cm³/mol. The molecule has 1 aromatic heterocycles. The number of nitrogens with zero attached hydrogens (tertiary/aromatic N) is 2. The van der Waals surface area contributed by atoms with Crippen molar-refractivity contribution in [3.63, 3.8) is 0 Å². The summed E-state index contributed by atoms with van der Waals surface area (Å²) in [5, 5.41) is 3.32. The lowest BCUT2D eigenvalue weighted by atomic mass is 10.2. The van der Waals surface area contributed by atoms with Gasteiger partial charge in [-0.3, -0.25) is 4.90 Å². The summed E-state index contributed by atoms with van der Waals surface area (Å²) in [6.45, 7) is 6.20. The zero-order valence-corrected chi connectivity index (χ0v) is 12.2. The van der Waals surface area contributed by atoms with E-state index < -0.39 is 0 Å². The van der Waals surface area contributed by atoms with Gasteiger partial charge in [-0.15, -0.1) is 0 Å². The van der Waals surface area contributed by atoms with Crippen molar-refractivity contribution in [2.24, 2.45) is 0 Å². The number of unbranched alkanes of at least 4 members (excludes halogenated alkanes) is 3. The zero-order valence-electron chi connectivity index (χ0n) is 12.2. The molecular formula is C15H26N4O. The van der Waals surface area contributed by atoms with Gasteiger partial charge in [0.25, 0.3) is 0 Å². The molecule has 0 unspecified atom stereocenters. The average molecular weight is 278 g/mol. The summed E-state index contributed by atoms with van der Waals surface area (Å²) in [4.78, 5) is 6.72. The number of pyridine rings is 1. The van der Waals surface area contributed by atoms with Crippen LogP contribution in [0.4, 0.5) is 11.5 Å². The maximum atomic E-state index is 5.60. The predicted octanol–water partition coefficient (Wildman–Crippen LogP) is 1.97. The summed E-state index contributed by atoms with van der Waals surface area (Å²) in [6, 6.07) is 3.80. The first-order valence-corrected chi connectivity index (χ1v) is 7.60. The molecule has 1 saturated heterocycles. The third kappa shape index (κ3) is 5.75. The lowest BCUT2D eigenvalue weighted by Crippen LogP contribution is -2.36. The number of hydrogen-bond donors (Lipinski definition) is 2. The summed E-state index contributed by atoms with van der Waals surface area (Å²) >= 11 is 0. The van der Waals surface area contributed by atoms with Crippen LogP contribution in [0, 0.1) is 0 Å². The van der Waals surface area contributed by atoms with Crippen molar-refractivity contribution in [2.75, 3.05) is 50.4 Å². The summed E-state index contributed by atoms with van der Waals surface area (Å²) < 4.78 is 5.34. The van der Waals surface area contributed by atoms with Crippen molar-refractivity contribution < 1.29 is 4.74 Å². The van der Waals surface area contributed by atoms with E-state index in [2.05, 4.69) is 15.2 Å². The second-order valence-corrected chi connectivity index (χ2v) is 5.27. The molecule has 20 heavy (non-hydrogen) atoms. The molecule has 0 bridgehead atoms. The highest BCUT2D eigenvalue weighted by molar-refractivity contribution is 5.43. The van der Waals surface area contributed by atoms with Crippen LogP contribution in [-0.2, 0) is 4.74 Å². The fourth-order valence-corrected chi connectivity index (χ4v) is 2.37. The minimum atomic E-state index is 0.707. The van der Waals surface area contributed by atoms with Gasteiger partial charge in [0.15, 0.2) is 0 Å². The van der Waals surface area contributed by atoms with E-state index in [0.717, 1.165) is 38.7 Å². The molecule has 112 valence electrons. The molecule has 1 aliphatic rings. The summed E-state index contributed by atoms with van der Waals surface area (Å²) in [5.74, 6) is 0.910. The highest BCUT2D eigenvalue weighted by atomic mass is 16.5. The van der Waals surface area contributed by atoms with Gasteiger partial charge in [0.2, 0.25) is 0 Å². The highest BCUT2D eigenvalue weighted by Crippen LogP contribution is 2.07. The van der Waals surface area contributed by atoms with Gasteiger partial charge in [0.05, 0.1) is 25.1 Å². The SMILES string of the molecule is Nc1ccc(NCCCCCCN2CCOCC2)nc1. The largest absolute Gasteiger partial charge is 0.397 e. The molecule has 1 aliphatic heterocycles. The van der Waals surface area contributed by atoms with Crippen molar-refractivity contribution in [3.8, 4) is 0 Å². The summed E-state index contributed by atoms with van der Waals surface area (Å²) in [5.41, 5.74) is 6.30. The van der Waals surface area contributed by atoms with Crippen LogP contribution in [-0.4, -0.2) is 49.3 Å². The summed E-state index contributed by atoms with van der Waals surface area (Å²) in [6.07, 6.45) is 6.74. The van der Waals surface area contributed by atoms with Gasteiger partial charge in [-0.25, -0.2) is 4.98 Å². The number of aromatic nitrogens is 1. The zero-order chi connectivity index (χ0) is 14.0. The Labute approximate surface area is 121 Å². The van der Waals surface area contributed by atoms with Crippen LogP contribution in [0.5, 0.6) is 0 Å². The van der Waals surface area contributed by atoms with E-state index in [9.17, 15) is 0 Å². The van der Waals surface area contributed by atoms with E-state index in [1.165, 1.54) is 32.2 Å². The van der Waals surface area contributed by atoms with Crippen molar-refractivity contribution in [1.82, 2.24) is 9.88 Å². The number of ether oxygens (including phenoxy) is 1. The molecule has 2 heterocycles. The molecule has 5 nitrogen and oxygen atoms in total. The molecule has 0 radical (unpaired) electrons. The van der Waals surface area contributed by atoms with Gasteiger partial charge in [0, 0.05) is 19.6 Å². The first kappa shape index (κ1) is 15.1. The number of rotatable bonds is 8. The summed E-state index contributed by atoms with van der Waals surface area (Å²) in [7, 11) is 0. The Morgan fingerprint density at radius 1 is 1.15 bits per heavy atom. The molecule has 1 aromatic rings.